The molecule has 0 radical (unpaired) electrons. The van der Waals surface area contributed by atoms with E-state index in [1.54, 1.807) is 24.1 Å². The Balaban J connectivity index is 1.78. The van der Waals surface area contributed by atoms with Crippen molar-refractivity contribution in [3.63, 3.8) is 0 Å². The maximum Gasteiger partial charge on any atom is 0.222 e. The normalized spacial score (nSPS) is 21.3. The minimum Gasteiger partial charge on any atom is -0.336 e. The van der Waals surface area contributed by atoms with Gasteiger partial charge < -0.3 is 10.2 Å². The van der Waals surface area contributed by atoms with E-state index in [0.717, 1.165) is 17.7 Å². The molecule has 3 rings (SSSR count). The van der Waals surface area contributed by atoms with Gasteiger partial charge in [-0.2, -0.15) is 5.10 Å². The summed E-state index contributed by atoms with van der Waals surface area (Å²) in [5, 5.41) is 7.78. The predicted molar refractivity (Wildman–Crippen MR) is 89.7 cm³/mol. The van der Waals surface area contributed by atoms with Crippen LogP contribution in [0, 0.1) is 12.7 Å². The van der Waals surface area contributed by atoms with Crippen molar-refractivity contribution in [2.24, 2.45) is 7.05 Å². The summed E-state index contributed by atoms with van der Waals surface area (Å²) in [6, 6.07) is 7.19. The molecule has 1 N–H and O–H groups in total. The Labute approximate surface area is 141 Å². The lowest BCUT2D eigenvalue weighted by atomic mass is 9.93. The topological polar surface area (TPSA) is 50.2 Å². The van der Waals surface area contributed by atoms with Crippen LogP contribution in [0.5, 0.6) is 0 Å². The number of piperidine rings is 1. The molecule has 0 bridgehead atoms. The number of nitrogens with one attached hydrogen (secondary N) is 1. The van der Waals surface area contributed by atoms with Crippen molar-refractivity contribution in [1.82, 2.24) is 20.0 Å². The Morgan fingerprint density at radius 3 is 2.79 bits per heavy atom. The smallest absolute Gasteiger partial charge is 0.222 e. The summed E-state index contributed by atoms with van der Waals surface area (Å²) in [6.07, 6.45) is 3.06. The highest BCUT2D eigenvalue weighted by Crippen LogP contribution is 2.30. The first-order valence-electron chi connectivity index (χ1n) is 8.19. The quantitative estimate of drug-likeness (QED) is 0.936. The van der Waals surface area contributed by atoms with Crippen molar-refractivity contribution in [1.29, 1.82) is 0 Å². The Kier molecular flexibility index (Phi) is 4.66. The molecule has 1 aromatic carbocycles. The molecule has 2 aromatic rings. The van der Waals surface area contributed by atoms with E-state index < -0.39 is 0 Å². The molecule has 2 atom stereocenters. The number of likely N-dealkylation sites (N-methyl/N-ethyl adjacent to an activating group) is 1. The summed E-state index contributed by atoms with van der Waals surface area (Å²) in [6.45, 7) is 2.41. The highest BCUT2D eigenvalue weighted by molar-refractivity contribution is 5.77. The molecular formula is C18H23FN4O. The Hall–Kier alpha value is -2.21. The maximum absolute atomic E-state index is 13.4. The van der Waals surface area contributed by atoms with Crippen LogP contribution < -0.4 is 5.32 Å². The third-order valence-electron chi connectivity index (χ3n) is 4.81. The number of nitrogens with zero attached hydrogens (tertiary/aromatic N) is 3. The molecule has 2 heterocycles. The second-order valence-corrected chi connectivity index (χ2v) is 6.44. The van der Waals surface area contributed by atoms with E-state index in [-0.39, 0.29) is 23.8 Å². The molecule has 0 saturated carbocycles. The SMILES string of the molecule is Cc1cc(CN[C@H]2CCC(=O)N(C)[C@@H]2c2ccnn2C)ccc1F. The summed E-state index contributed by atoms with van der Waals surface area (Å²) in [4.78, 5) is 13.9. The fourth-order valence-corrected chi connectivity index (χ4v) is 3.40. The highest BCUT2D eigenvalue weighted by Gasteiger charge is 2.35. The number of rotatable bonds is 4. The molecule has 24 heavy (non-hydrogen) atoms. The second kappa shape index (κ2) is 6.73. The van der Waals surface area contributed by atoms with Crippen molar-refractivity contribution in [2.75, 3.05) is 7.05 Å². The highest BCUT2D eigenvalue weighted by atomic mass is 19.1. The van der Waals surface area contributed by atoms with Crippen LogP contribution in [0.1, 0.15) is 35.7 Å². The molecule has 128 valence electrons. The standard InChI is InChI=1S/C18H23FN4O/c1-12-10-13(4-5-14(12)19)11-20-15-6-7-17(24)22(2)18(15)16-8-9-21-23(16)3/h4-5,8-10,15,18,20H,6-7,11H2,1-3H3/t15-,18-/m0/s1. The second-order valence-electron chi connectivity index (χ2n) is 6.44. The summed E-state index contributed by atoms with van der Waals surface area (Å²) < 4.78 is 15.2. The molecule has 0 spiro atoms. The van der Waals surface area contributed by atoms with E-state index in [2.05, 4.69) is 10.4 Å². The molecule has 1 fully saturated rings. The van der Waals surface area contributed by atoms with Crippen LogP contribution in [0.3, 0.4) is 0 Å². The van der Waals surface area contributed by atoms with Gasteiger partial charge in [-0.1, -0.05) is 12.1 Å². The van der Waals surface area contributed by atoms with Gasteiger partial charge in [0.15, 0.2) is 0 Å². The Morgan fingerprint density at radius 1 is 1.33 bits per heavy atom. The van der Waals surface area contributed by atoms with Crippen LogP contribution in [-0.2, 0) is 18.4 Å². The minimum absolute atomic E-state index is 0.0553. The van der Waals surface area contributed by atoms with Gasteiger partial charge in [-0.05, 0) is 36.6 Å². The average molecular weight is 330 g/mol. The number of aromatic nitrogens is 2. The number of hydrogen-bond acceptors (Lipinski definition) is 3. The fourth-order valence-electron chi connectivity index (χ4n) is 3.40. The molecular weight excluding hydrogens is 307 g/mol. The zero-order valence-electron chi connectivity index (χ0n) is 14.3. The van der Waals surface area contributed by atoms with E-state index >= 15 is 0 Å². The summed E-state index contributed by atoms with van der Waals surface area (Å²) in [7, 11) is 3.73. The van der Waals surface area contributed by atoms with Crippen LogP contribution in [0.2, 0.25) is 0 Å². The first-order valence-corrected chi connectivity index (χ1v) is 8.19. The molecule has 5 nitrogen and oxygen atoms in total. The van der Waals surface area contributed by atoms with E-state index in [0.29, 0.717) is 18.5 Å². The van der Waals surface area contributed by atoms with Gasteiger partial charge in [0.25, 0.3) is 0 Å². The monoisotopic (exact) mass is 330 g/mol. The molecule has 1 aliphatic rings. The number of likely N-dealkylation sites (tertiary alicyclic amines) is 1. The Bertz CT molecular complexity index is 742. The first-order chi connectivity index (χ1) is 11.5. The summed E-state index contributed by atoms with van der Waals surface area (Å²) in [5.41, 5.74) is 2.70. The lowest BCUT2D eigenvalue weighted by Gasteiger charge is -2.39. The van der Waals surface area contributed by atoms with Gasteiger partial charge in [0.1, 0.15) is 5.82 Å². The van der Waals surface area contributed by atoms with Gasteiger partial charge in [-0.3, -0.25) is 9.48 Å². The zero-order valence-corrected chi connectivity index (χ0v) is 14.3. The van der Waals surface area contributed by atoms with Crippen molar-refractivity contribution >= 4 is 5.91 Å². The lowest BCUT2D eigenvalue weighted by Crippen LogP contribution is -2.49. The fraction of sp³-hybridized carbons (Fsp3) is 0.444. The largest absolute Gasteiger partial charge is 0.336 e. The van der Waals surface area contributed by atoms with Crippen molar-refractivity contribution in [2.45, 2.75) is 38.4 Å². The van der Waals surface area contributed by atoms with E-state index in [9.17, 15) is 9.18 Å². The van der Waals surface area contributed by atoms with Gasteiger partial charge in [-0.15, -0.1) is 0 Å². The minimum atomic E-state index is -0.186. The molecule has 0 aliphatic carbocycles. The van der Waals surface area contributed by atoms with Crippen LogP contribution in [0.25, 0.3) is 0 Å². The molecule has 1 saturated heterocycles. The van der Waals surface area contributed by atoms with Gasteiger partial charge in [0, 0.05) is 39.3 Å². The molecule has 1 aromatic heterocycles. The van der Waals surface area contributed by atoms with Crippen LogP contribution in [-0.4, -0.2) is 33.7 Å². The number of amides is 1. The molecule has 0 unspecified atom stereocenters. The average Bonchev–Trinajstić information content (AvgIpc) is 2.97. The van der Waals surface area contributed by atoms with Crippen molar-refractivity contribution in [3.8, 4) is 0 Å². The number of carbonyl (C=O) groups is 1. The summed E-state index contributed by atoms with van der Waals surface area (Å²) in [5.74, 6) is -0.0358. The van der Waals surface area contributed by atoms with Gasteiger partial charge in [0.2, 0.25) is 5.91 Å². The molecule has 1 amide bonds. The van der Waals surface area contributed by atoms with Crippen LogP contribution in [0.15, 0.2) is 30.5 Å². The van der Waals surface area contributed by atoms with Gasteiger partial charge in [0.05, 0.1) is 11.7 Å². The van der Waals surface area contributed by atoms with Crippen LogP contribution >= 0.6 is 0 Å². The number of hydrogen-bond donors (Lipinski definition) is 1. The van der Waals surface area contributed by atoms with Crippen molar-refractivity contribution < 1.29 is 9.18 Å². The van der Waals surface area contributed by atoms with E-state index in [1.165, 1.54) is 6.07 Å². The number of aryl methyl sites for hydroxylation is 2. The van der Waals surface area contributed by atoms with Gasteiger partial charge in [-0.25, -0.2) is 4.39 Å². The zero-order chi connectivity index (χ0) is 17.3. The number of carbonyl (C=O) groups excluding carboxylic acids is 1. The maximum atomic E-state index is 13.4. The number of halogens is 1. The molecule has 6 heteroatoms. The third-order valence-corrected chi connectivity index (χ3v) is 4.81. The predicted octanol–water partition coefficient (Wildman–Crippen LogP) is 2.32. The third kappa shape index (κ3) is 3.19. The van der Waals surface area contributed by atoms with Crippen molar-refractivity contribution in [3.05, 3.63) is 53.1 Å². The number of benzene rings is 1. The van der Waals surface area contributed by atoms with Crippen LogP contribution in [0.4, 0.5) is 4.39 Å². The Morgan fingerprint density at radius 2 is 2.12 bits per heavy atom. The van der Waals surface area contributed by atoms with Gasteiger partial charge >= 0.3 is 0 Å². The summed E-state index contributed by atoms with van der Waals surface area (Å²) >= 11 is 0. The first kappa shape index (κ1) is 16.6. The molecule has 1 aliphatic heterocycles. The van der Waals surface area contributed by atoms with E-state index in [1.807, 2.05) is 30.9 Å². The lowest BCUT2D eigenvalue weighted by molar-refractivity contribution is -0.136. The van der Waals surface area contributed by atoms with E-state index in [4.69, 9.17) is 0 Å².